The van der Waals surface area contributed by atoms with Crippen molar-refractivity contribution in [3.05, 3.63) is 29.3 Å². The number of nitrogens with zero attached hydrogens (tertiary/aromatic N) is 1. The number of anilines is 1. The van der Waals surface area contributed by atoms with Gasteiger partial charge < -0.3 is 10.2 Å². The van der Waals surface area contributed by atoms with Crippen LogP contribution in [0.5, 0.6) is 0 Å². The van der Waals surface area contributed by atoms with E-state index in [1.165, 1.54) is 16.8 Å². The highest BCUT2D eigenvalue weighted by atomic mass is 15.1. The van der Waals surface area contributed by atoms with Crippen LogP contribution in [0.4, 0.5) is 5.69 Å². The first-order valence-corrected chi connectivity index (χ1v) is 7.29. The fourth-order valence-corrected chi connectivity index (χ4v) is 2.59. The summed E-state index contributed by atoms with van der Waals surface area (Å²) in [5.74, 6) is 0. The fraction of sp³-hybridized carbons (Fsp3) is 0.647. The standard InChI is InChI=1S/C17H30N2/c1-8-18-15(4)17(5,6)12-19(7)16-10-13(2)9-14(3)11-16/h9-11,15,18H,8,12H2,1-7H3. The van der Waals surface area contributed by atoms with E-state index in [1.54, 1.807) is 0 Å². The summed E-state index contributed by atoms with van der Waals surface area (Å²) in [6.07, 6.45) is 0. The number of rotatable bonds is 6. The molecule has 2 heteroatoms. The molecule has 0 bridgehead atoms. The second kappa shape index (κ2) is 6.42. The molecule has 1 N–H and O–H groups in total. The predicted octanol–water partition coefficient (Wildman–Crippen LogP) is 3.76. The minimum absolute atomic E-state index is 0.239. The first-order chi connectivity index (χ1) is 8.76. The normalized spacial score (nSPS) is 13.4. The van der Waals surface area contributed by atoms with Gasteiger partial charge in [-0.25, -0.2) is 0 Å². The smallest absolute Gasteiger partial charge is 0.0369 e. The van der Waals surface area contributed by atoms with Gasteiger partial charge in [0.05, 0.1) is 0 Å². The maximum Gasteiger partial charge on any atom is 0.0369 e. The zero-order valence-electron chi connectivity index (χ0n) is 13.7. The molecule has 0 saturated heterocycles. The van der Waals surface area contributed by atoms with E-state index in [0.717, 1.165) is 13.1 Å². The third kappa shape index (κ3) is 4.54. The topological polar surface area (TPSA) is 15.3 Å². The fourth-order valence-electron chi connectivity index (χ4n) is 2.59. The average molecular weight is 262 g/mol. The molecule has 2 nitrogen and oxygen atoms in total. The highest BCUT2D eigenvalue weighted by Crippen LogP contribution is 2.25. The largest absolute Gasteiger partial charge is 0.374 e. The summed E-state index contributed by atoms with van der Waals surface area (Å²) in [7, 11) is 2.19. The van der Waals surface area contributed by atoms with Crippen molar-refractivity contribution in [2.24, 2.45) is 5.41 Å². The van der Waals surface area contributed by atoms with E-state index in [9.17, 15) is 0 Å². The van der Waals surface area contributed by atoms with Crippen LogP contribution in [0, 0.1) is 19.3 Å². The van der Waals surface area contributed by atoms with Crippen LogP contribution in [0.2, 0.25) is 0 Å². The van der Waals surface area contributed by atoms with Gasteiger partial charge >= 0.3 is 0 Å². The van der Waals surface area contributed by atoms with Crippen molar-refractivity contribution in [3.8, 4) is 0 Å². The van der Waals surface area contributed by atoms with Crippen LogP contribution >= 0.6 is 0 Å². The molecule has 0 aliphatic carbocycles. The van der Waals surface area contributed by atoms with Crippen LogP contribution in [0.25, 0.3) is 0 Å². The molecule has 0 aliphatic rings. The van der Waals surface area contributed by atoms with Crippen molar-refractivity contribution in [2.45, 2.75) is 47.6 Å². The summed E-state index contributed by atoms with van der Waals surface area (Å²) in [6, 6.07) is 7.26. The molecule has 1 rings (SSSR count). The monoisotopic (exact) mass is 262 g/mol. The minimum atomic E-state index is 0.239. The molecule has 0 amide bonds. The van der Waals surface area contributed by atoms with Crippen molar-refractivity contribution in [1.82, 2.24) is 5.32 Å². The van der Waals surface area contributed by atoms with Gasteiger partial charge in [-0.1, -0.05) is 26.8 Å². The zero-order valence-corrected chi connectivity index (χ0v) is 13.7. The van der Waals surface area contributed by atoms with Gasteiger partial charge in [0.1, 0.15) is 0 Å². The maximum absolute atomic E-state index is 3.54. The summed E-state index contributed by atoms with van der Waals surface area (Å²) in [5, 5.41) is 3.54. The van der Waals surface area contributed by atoms with E-state index in [-0.39, 0.29) is 5.41 Å². The number of benzene rings is 1. The molecule has 108 valence electrons. The second-order valence-corrected chi connectivity index (χ2v) is 6.47. The van der Waals surface area contributed by atoms with Crippen molar-refractivity contribution >= 4 is 5.69 Å². The molecule has 0 aliphatic heterocycles. The van der Waals surface area contributed by atoms with Gasteiger partial charge in [0.2, 0.25) is 0 Å². The molecule has 1 atom stereocenters. The number of aryl methyl sites for hydroxylation is 2. The predicted molar refractivity (Wildman–Crippen MR) is 86.1 cm³/mol. The Morgan fingerprint density at radius 3 is 2.16 bits per heavy atom. The van der Waals surface area contributed by atoms with Gasteiger partial charge in [0.25, 0.3) is 0 Å². The minimum Gasteiger partial charge on any atom is -0.374 e. The van der Waals surface area contributed by atoms with Gasteiger partial charge in [-0.2, -0.15) is 0 Å². The van der Waals surface area contributed by atoms with Gasteiger partial charge in [-0.05, 0) is 56.0 Å². The number of hydrogen-bond acceptors (Lipinski definition) is 2. The lowest BCUT2D eigenvalue weighted by Crippen LogP contribution is -2.46. The van der Waals surface area contributed by atoms with Gasteiger partial charge in [-0.3, -0.25) is 0 Å². The summed E-state index contributed by atoms with van der Waals surface area (Å²) < 4.78 is 0. The third-order valence-corrected chi connectivity index (χ3v) is 3.97. The quantitative estimate of drug-likeness (QED) is 0.839. The van der Waals surface area contributed by atoms with E-state index in [0.29, 0.717) is 6.04 Å². The first-order valence-electron chi connectivity index (χ1n) is 7.29. The first kappa shape index (κ1) is 16.0. The highest BCUT2D eigenvalue weighted by molar-refractivity contribution is 5.50. The Kier molecular flexibility index (Phi) is 5.42. The molecule has 1 aromatic carbocycles. The maximum atomic E-state index is 3.54. The Morgan fingerprint density at radius 1 is 1.16 bits per heavy atom. The lowest BCUT2D eigenvalue weighted by molar-refractivity contribution is 0.266. The van der Waals surface area contributed by atoms with Crippen LogP contribution in [-0.4, -0.2) is 26.2 Å². The molecule has 0 spiro atoms. The van der Waals surface area contributed by atoms with Crippen molar-refractivity contribution < 1.29 is 0 Å². The van der Waals surface area contributed by atoms with E-state index >= 15 is 0 Å². The SMILES string of the molecule is CCNC(C)C(C)(C)CN(C)c1cc(C)cc(C)c1. The van der Waals surface area contributed by atoms with E-state index in [2.05, 4.69) is 77.0 Å². The van der Waals surface area contributed by atoms with Crippen molar-refractivity contribution in [1.29, 1.82) is 0 Å². The third-order valence-electron chi connectivity index (χ3n) is 3.97. The summed E-state index contributed by atoms with van der Waals surface area (Å²) in [4.78, 5) is 2.37. The van der Waals surface area contributed by atoms with Gasteiger partial charge in [0.15, 0.2) is 0 Å². The second-order valence-electron chi connectivity index (χ2n) is 6.47. The average Bonchev–Trinajstić information content (AvgIpc) is 2.27. The Balaban J connectivity index is 2.80. The number of nitrogens with one attached hydrogen (secondary N) is 1. The molecule has 0 heterocycles. The molecule has 1 aromatic rings. The molecule has 0 fully saturated rings. The Labute approximate surface area is 119 Å². The zero-order chi connectivity index (χ0) is 14.6. The van der Waals surface area contributed by atoms with Crippen molar-refractivity contribution in [3.63, 3.8) is 0 Å². The summed E-state index contributed by atoms with van der Waals surface area (Å²) >= 11 is 0. The highest BCUT2D eigenvalue weighted by Gasteiger charge is 2.26. The van der Waals surface area contributed by atoms with Crippen LogP contribution in [-0.2, 0) is 0 Å². The Bertz CT molecular complexity index is 389. The lowest BCUT2D eigenvalue weighted by atomic mass is 9.84. The molecule has 0 saturated carbocycles. The van der Waals surface area contributed by atoms with Crippen LogP contribution in [0.15, 0.2) is 18.2 Å². The lowest BCUT2D eigenvalue weighted by Gasteiger charge is -2.37. The number of hydrogen-bond donors (Lipinski definition) is 1. The van der Waals surface area contributed by atoms with Crippen molar-refractivity contribution in [2.75, 3.05) is 25.0 Å². The van der Waals surface area contributed by atoms with E-state index in [1.807, 2.05) is 0 Å². The van der Waals surface area contributed by atoms with Crippen LogP contribution in [0.1, 0.15) is 38.8 Å². The van der Waals surface area contributed by atoms with Crippen LogP contribution < -0.4 is 10.2 Å². The van der Waals surface area contributed by atoms with E-state index in [4.69, 9.17) is 0 Å². The van der Waals surface area contributed by atoms with Gasteiger partial charge in [0, 0.05) is 25.3 Å². The molecular weight excluding hydrogens is 232 g/mol. The Morgan fingerprint density at radius 2 is 1.68 bits per heavy atom. The summed E-state index contributed by atoms with van der Waals surface area (Å²) in [5.41, 5.74) is 4.22. The van der Waals surface area contributed by atoms with Crippen LogP contribution in [0.3, 0.4) is 0 Å². The molecule has 0 aromatic heterocycles. The Hall–Kier alpha value is -1.02. The van der Waals surface area contributed by atoms with E-state index < -0.39 is 0 Å². The summed E-state index contributed by atoms with van der Waals surface area (Å²) in [6.45, 7) is 15.5. The molecule has 0 radical (unpaired) electrons. The molecule has 19 heavy (non-hydrogen) atoms. The molecule has 1 unspecified atom stereocenters. The van der Waals surface area contributed by atoms with Gasteiger partial charge in [-0.15, -0.1) is 0 Å². The molecular formula is C17H30N2.